The van der Waals surface area contributed by atoms with Crippen LogP contribution in [0, 0.1) is 17.3 Å². The van der Waals surface area contributed by atoms with Crippen LogP contribution in [0.3, 0.4) is 0 Å². The number of benzene rings is 1. The van der Waals surface area contributed by atoms with Crippen molar-refractivity contribution in [3.05, 3.63) is 24.0 Å². The second-order valence-corrected chi connectivity index (χ2v) is 5.83. The molecule has 1 aromatic carbocycles. The summed E-state index contributed by atoms with van der Waals surface area (Å²) in [7, 11) is -2.70. The Hall–Kier alpha value is -1.63. The number of aliphatic imine (C=N–C) groups is 1. The first-order valence-corrected chi connectivity index (χ1v) is 7.66. The Kier molecular flexibility index (Phi) is 5.29. The predicted octanol–water partition coefficient (Wildman–Crippen LogP) is 1.15. The maximum atomic E-state index is 13.5. The molecule has 1 aromatic rings. The van der Waals surface area contributed by atoms with Gasteiger partial charge in [0.25, 0.3) is 0 Å². The molecule has 0 aliphatic carbocycles. The van der Waals surface area contributed by atoms with Gasteiger partial charge in [0.05, 0.1) is 5.69 Å². The fourth-order valence-electron chi connectivity index (χ4n) is 1.17. The Morgan fingerprint density at radius 3 is 2.74 bits per heavy atom. The van der Waals surface area contributed by atoms with E-state index in [1.54, 1.807) is 12.4 Å². The van der Waals surface area contributed by atoms with Crippen LogP contribution >= 0.6 is 11.8 Å². The van der Waals surface area contributed by atoms with Crippen molar-refractivity contribution in [1.82, 2.24) is 10.0 Å². The van der Waals surface area contributed by atoms with E-state index in [9.17, 15) is 12.8 Å². The zero-order valence-corrected chi connectivity index (χ0v) is 11.8. The summed E-state index contributed by atoms with van der Waals surface area (Å²) in [4.78, 5) is 3.51. The lowest BCUT2D eigenvalue weighted by molar-refractivity contribution is 0.561. The number of rotatable bonds is 3. The standard InChI is InChI=1S/C10H11FN4O2S2/c1-13-19(16,17)9-5-7(3-4-8(9)11)15-10(18-2)14-6-12/h3-5,13H,1-2H3,(H,14,15). The van der Waals surface area contributed by atoms with Gasteiger partial charge in [0, 0.05) is 0 Å². The molecule has 0 aromatic heterocycles. The number of amidine groups is 1. The number of thioether (sulfide) groups is 1. The van der Waals surface area contributed by atoms with E-state index in [1.807, 2.05) is 4.72 Å². The van der Waals surface area contributed by atoms with Gasteiger partial charge in [-0.15, -0.1) is 0 Å². The molecule has 0 bridgehead atoms. The van der Waals surface area contributed by atoms with Crippen LogP contribution in [0.1, 0.15) is 0 Å². The molecule has 102 valence electrons. The summed E-state index contributed by atoms with van der Waals surface area (Å²) in [6.45, 7) is 0. The third kappa shape index (κ3) is 3.92. The minimum absolute atomic E-state index is 0.224. The van der Waals surface area contributed by atoms with E-state index in [2.05, 4.69) is 10.3 Å². The molecule has 0 atom stereocenters. The van der Waals surface area contributed by atoms with Crippen LogP contribution in [-0.4, -0.2) is 26.9 Å². The van der Waals surface area contributed by atoms with Crippen LogP contribution in [0.5, 0.6) is 0 Å². The van der Waals surface area contributed by atoms with Crippen molar-refractivity contribution >= 4 is 32.6 Å². The topological polar surface area (TPSA) is 94.3 Å². The van der Waals surface area contributed by atoms with Crippen molar-refractivity contribution in [3.8, 4) is 6.19 Å². The van der Waals surface area contributed by atoms with Crippen LogP contribution in [0.15, 0.2) is 28.1 Å². The first-order valence-electron chi connectivity index (χ1n) is 4.95. The minimum Gasteiger partial charge on any atom is -0.271 e. The second-order valence-electron chi connectivity index (χ2n) is 3.18. The molecule has 0 fully saturated rings. The van der Waals surface area contributed by atoms with Gasteiger partial charge in [-0.3, -0.25) is 5.32 Å². The van der Waals surface area contributed by atoms with Gasteiger partial charge in [-0.1, -0.05) is 11.8 Å². The van der Waals surface area contributed by atoms with Crippen molar-refractivity contribution in [2.75, 3.05) is 13.3 Å². The molecule has 0 radical (unpaired) electrons. The van der Waals surface area contributed by atoms with Gasteiger partial charge in [0.2, 0.25) is 10.0 Å². The average Bonchev–Trinajstić information content (AvgIpc) is 2.40. The number of halogens is 1. The van der Waals surface area contributed by atoms with Crippen molar-refractivity contribution in [3.63, 3.8) is 0 Å². The average molecular weight is 302 g/mol. The lowest BCUT2D eigenvalue weighted by Gasteiger charge is -2.05. The van der Waals surface area contributed by atoms with E-state index >= 15 is 0 Å². The van der Waals surface area contributed by atoms with Gasteiger partial charge in [0.15, 0.2) is 11.4 Å². The maximum absolute atomic E-state index is 13.5. The monoisotopic (exact) mass is 302 g/mol. The van der Waals surface area contributed by atoms with Crippen LogP contribution < -0.4 is 10.0 Å². The number of hydrogen-bond donors (Lipinski definition) is 2. The first kappa shape index (κ1) is 15.4. The molecular formula is C10H11FN4O2S2. The molecule has 0 saturated heterocycles. The number of hydrogen-bond acceptors (Lipinski definition) is 5. The molecule has 0 unspecified atom stereocenters. The number of nitriles is 1. The lowest BCUT2D eigenvalue weighted by atomic mass is 10.3. The Bertz CT molecular complexity index is 637. The maximum Gasteiger partial charge on any atom is 0.243 e. The lowest BCUT2D eigenvalue weighted by Crippen LogP contribution is -2.19. The highest BCUT2D eigenvalue weighted by Crippen LogP contribution is 2.22. The fraction of sp³-hybridized carbons (Fsp3) is 0.200. The molecule has 19 heavy (non-hydrogen) atoms. The SMILES string of the molecule is CNS(=O)(=O)c1cc(N=C(NC#N)SC)ccc1F. The van der Waals surface area contributed by atoms with Crippen LogP contribution in [0.4, 0.5) is 10.1 Å². The third-order valence-corrected chi connectivity index (χ3v) is 4.07. The van der Waals surface area contributed by atoms with E-state index in [0.29, 0.717) is 0 Å². The van der Waals surface area contributed by atoms with E-state index in [1.165, 1.54) is 24.9 Å². The molecular weight excluding hydrogens is 291 g/mol. The predicted molar refractivity (Wildman–Crippen MR) is 72.0 cm³/mol. The van der Waals surface area contributed by atoms with E-state index in [4.69, 9.17) is 5.26 Å². The number of nitrogens with zero attached hydrogens (tertiary/aromatic N) is 2. The summed E-state index contributed by atoms with van der Waals surface area (Å²) in [6.07, 6.45) is 3.39. The highest BCUT2D eigenvalue weighted by molar-refractivity contribution is 8.13. The van der Waals surface area contributed by atoms with Gasteiger partial charge in [-0.2, -0.15) is 5.26 Å². The van der Waals surface area contributed by atoms with Gasteiger partial charge < -0.3 is 0 Å². The quantitative estimate of drug-likeness (QED) is 0.378. The molecule has 0 aliphatic heterocycles. The third-order valence-electron chi connectivity index (χ3n) is 2.06. The van der Waals surface area contributed by atoms with Crippen molar-refractivity contribution in [2.24, 2.45) is 4.99 Å². The smallest absolute Gasteiger partial charge is 0.243 e. The Labute approximate surface area is 114 Å². The molecule has 0 saturated carbocycles. The molecule has 0 heterocycles. The summed E-state index contributed by atoms with van der Waals surface area (Å²) in [5.41, 5.74) is 0.224. The normalized spacial score (nSPS) is 12.0. The first-order chi connectivity index (χ1) is 8.94. The van der Waals surface area contributed by atoms with Crippen molar-refractivity contribution < 1.29 is 12.8 Å². The van der Waals surface area contributed by atoms with E-state index in [-0.39, 0.29) is 10.9 Å². The largest absolute Gasteiger partial charge is 0.271 e. The highest BCUT2D eigenvalue weighted by atomic mass is 32.2. The molecule has 6 nitrogen and oxygen atoms in total. The highest BCUT2D eigenvalue weighted by Gasteiger charge is 2.17. The van der Waals surface area contributed by atoms with Gasteiger partial charge in [-0.05, 0) is 31.5 Å². The van der Waals surface area contributed by atoms with Crippen LogP contribution in [0.2, 0.25) is 0 Å². The molecule has 0 aliphatic rings. The molecule has 0 amide bonds. The van der Waals surface area contributed by atoms with Gasteiger partial charge in [-0.25, -0.2) is 22.5 Å². The number of sulfonamides is 1. The molecule has 1 rings (SSSR count). The fourth-order valence-corrected chi connectivity index (χ4v) is 2.33. The minimum atomic E-state index is -3.89. The summed E-state index contributed by atoms with van der Waals surface area (Å²) < 4.78 is 38.7. The Morgan fingerprint density at radius 1 is 1.53 bits per heavy atom. The zero-order valence-electron chi connectivity index (χ0n) is 10.1. The second kappa shape index (κ2) is 6.51. The van der Waals surface area contributed by atoms with Crippen LogP contribution in [0.25, 0.3) is 0 Å². The Balaban J connectivity index is 3.28. The Morgan fingerprint density at radius 2 is 2.21 bits per heavy atom. The summed E-state index contributed by atoms with van der Waals surface area (Å²) in [6, 6.07) is 3.42. The van der Waals surface area contributed by atoms with Crippen LogP contribution in [-0.2, 0) is 10.0 Å². The summed E-state index contributed by atoms with van der Waals surface area (Å²) in [5, 5.41) is 11.1. The summed E-state index contributed by atoms with van der Waals surface area (Å²) in [5.74, 6) is -0.868. The van der Waals surface area contributed by atoms with E-state index < -0.39 is 20.7 Å². The van der Waals surface area contributed by atoms with Crippen molar-refractivity contribution in [1.29, 1.82) is 5.26 Å². The zero-order chi connectivity index (χ0) is 14.5. The molecule has 2 N–H and O–H groups in total. The molecule has 9 heteroatoms. The van der Waals surface area contributed by atoms with E-state index in [0.717, 1.165) is 12.1 Å². The van der Waals surface area contributed by atoms with Gasteiger partial charge in [0.1, 0.15) is 10.7 Å². The molecule has 0 spiro atoms. The number of nitrogens with one attached hydrogen (secondary N) is 2. The van der Waals surface area contributed by atoms with Crippen molar-refractivity contribution in [2.45, 2.75) is 4.90 Å². The van der Waals surface area contributed by atoms with Gasteiger partial charge >= 0.3 is 0 Å². The summed E-state index contributed by atoms with van der Waals surface area (Å²) >= 11 is 1.17.